The SMILES string of the molecule is O=C(O)c1ccc(-c2cccc(/C=C3\SC(=S)N(Cc4ccc(F)cc4)C3=O)c2)cc1. The molecule has 0 aliphatic carbocycles. The molecule has 4 nitrogen and oxygen atoms in total. The van der Waals surface area contributed by atoms with Crippen LogP contribution in [-0.2, 0) is 11.3 Å². The molecule has 1 heterocycles. The maximum atomic E-state index is 13.1. The zero-order chi connectivity index (χ0) is 22.0. The summed E-state index contributed by atoms with van der Waals surface area (Å²) in [5, 5.41) is 9.05. The molecule has 0 aromatic heterocycles. The van der Waals surface area contributed by atoms with Crippen molar-refractivity contribution >= 4 is 46.3 Å². The van der Waals surface area contributed by atoms with Crippen LogP contribution in [0.2, 0.25) is 0 Å². The summed E-state index contributed by atoms with van der Waals surface area (Å²) in [5.74, 6) is -1.48. The van der Waals surface area contributed by atoms with E-state index < -0.39 is 5.97 Å². The number of carboxylic acids is 1. The van der Waals surface area contributed by atoms with E-state index in [2.05, 4.69) is 0 Å². The van der Waals surface area contributed by atoms with Crippen LogP contribution in [0, 0.1) is 5.82 Å². The number of thioether (sulfide) groups is 1. The van der Waals surface area contributed by atoms with Crippen LogP contribution in [0.5, 0.6) is 0 Å². The van der Waals surface area contributed by atoms with E-state index in [9.17, 15) is 14.0 Å². The first-order valence-corrected chi connectivity index (χ1v) is 10.6. The van der Waals surface area contributed by atoms with Crippen molar-refractivity contribution in [1.82, 2.24) is 4.90 Å². The Morgan fingerprint density at radius 1 is 1.03 bits per heavy atom. The molecule has 3 aromatic carbocycles. The average Bonchev–Trinajstić information content (AvgIpc) is 3.03. The maximum absolute atomic E-state index is 13.1. The Balaban J connectivity index is 1.55. The lowest BCUT2D eigenvalue weighted by atomic mass is 10.0. The molecular weight excluding hydrogens is 433 g/mol. The van der Waals surface area contributed by atoms with Gasteiger partial charge in [-0.15, -0.1) is 0 Å². The summed E-state index contributed by atoms with van der Waals surface area (Å²) in [6.07, 6.45) is 1.79. The predicted octanol–water partition coefficient (Wildman–Crippen LogP) is 5.59. The molecule has 7 heteroatoms. The monoisotopic (exact) mass is 449 g/mol. The first-order chi connectivity index (χ1) is 14.9. The molecule has 0 radical (unpaired) electrons. The molecule has 1 N–H and O–H groups in total. The number of halogens is 1. The van der Waals surface area contributed by atoms with Crippen LogP contribution in [-0.4, -0.2) is 26.2 Å². The molecule has 0 bridgehead atoms. The number of thiocarbonyl (C=S) groups is 1. The van der Waals surface area contributed by atoms with E-state index in [-0.39, 0.29) is 23.8 Å². The second kappa shape index (κ2) is 8.83. The Bertz CT molecular complexity index is 1200. The Morgan fingerprint density at radius 2 is 1.74 bits per heavy atom. The van der Waals surface area contributed by atoms with Gasteiger partial charge in [0.15, 0.2) is 0 Å². The maximum Gasteiger partial charge on any atom is 0.335 e. The largest absolute Gasteiger partial charge is 0.478 e. The Hall–Kier alpha value is -3.29. The van der Waals surface area contributed by atoms with Crippen molar-refractivity contribution in [3.63, 3.8) is 0 Å². The number of carboxylic acid groups (broad SMARTS) is 1. The van der Waals surface area contributed by atoms with E-state index >= 15 is 0 Å². The molecule has 1 saturated heterocycles. The third kappa shape index (κ3) is 4.73. The standard InChI is InChI=1S/C24H16FNO3S2/c25-20-10-4-15(5-11-20)14-26-22(27)21(31-24(26)30)13-16-2-1-3-19(12-16)17-6-8-18(9-7-17)23(28)29/h1-13H,14H2,(H,28,29)/b21-13-. The predicted molar refractivity (Wildman–Crippen MR) is 124 cm³/mol. The van der Waals surface area contributed by atoms with Crippen LogP contribution in [0.3, 0.4) is 0 Å². The van der Waals surface area contributed by atoms with Crippen molar-refractivity contribution in [3.05, 3.63) is 100 Å². The van der Waals surface area contributed by atoms with E-state index in [1.165, 1.54) is 28.8 Å². The highest BCUT2D eigenvalue weighted by atomic mass is 32.2. The van der Waals surface area contributed by atoms with Crippen molar-refractivity contribution in [3.8, 4) is 11.1 Å². The molecule has 0 atom stereocenters. The Kier molecular flexibility index (Phi) is 5.97. The van der Waals surface area contributed by atoms with Gasteiger partial charge in [0.2, 0.25) is 0 Å². The lowest BCUT2D eigenvalue weighted by molar-refractivity contribution is -0.122. The van der Waals surface area contributed by atoms with Gasteiger partial charge in [-0.2, -0.15) is 0 Å². The van der Waals surface area contributed by atoms with E-state index in [1.54, 1.807) is 42.5 Å². The summed E-state index contributed by atoms with van der Waals surface area (Å²) in [6, 6.07) is 20.2. The topological polar surface area (TPSA) is 57.6 Å². The first kappa shape index (κ1) is 21.0. The minimum absolute atomic E-state index is 0.185. The number of aromatic carboxylic acids is 1. The molecule has 1 aliphatic rings. The van der Waals surface area contributed by atoms with Crippen LogP contribution < -0.4 is 0 Å². The van der Waals surface area contributed by atoms with Crippen LogP contribution in [0.1, 0.15) is 21.5 Å². The second-order valence-corrected chi connectivity index (χ2v) is 8.58. The summed E-state index contributed by atoms with van der Waals surface area (Å²) in [4.78, 5) is 25.9. The smallest absolute Gasteiger partial charge is 0.335 e. The summed E-state index contributed by atoms with van der Waals surface area (Å²) in [6.45, 7) is 0.290. The molecule has 154 valence electrons. The fourth-order valence-electron chi connectivity index (χ4n) is 3.17. The zero-order valence-electron chi connectivity index (χ0n) is 16.1. The molecule has 31 heavy (non-hydrogen) atoms. The summed E-state index contributed by atoms with van der Waals surface area (Å²) >= 11 is 6.61. The van der Waals surface area contributed by atoms with E-state index in [1.807, 2.05) is 24.3 Å². The van der Waals surface area contributed by atoms with Gasteiger partial charge in [0.1, 0.15) is 10.1 Å². The van der Waals surface area contributed by atoms with Gasteiger partial charge in [-0.1, -0.05) is 66.4 Å². The number of nitrogens with zero attached hydrogens (tertiary/aromatic N) is 1. The minimum atomic E-state index is -0.969. The lowest BCUT2D eigenvalue weighted by Gasteiger charge is -2.14. The highest BCUT2D eigenvalue weighted by Crippen LogP contribution is 2.34. The minimum Gasteiger partial charge on any atom is -0.478 e. The fourth-order valence-corrected chi connectivity index (χ4v) is 4.43. The van der Waals surface area contributed by atoms with Gasteiger partial charge in [-0.3, -0.25) is 9.69 Å². The van der Waals surface area contributed by atoms with Gasteiger partial charge in [0.25, 0.3) is 5.91 Å². The molecule has 0 saturated carbocycles. The fraction of sp³-hybridized carbons (Fsp3) is 0.0417. The molecule has 1 fully saturated rings. The van der Waals surface area contributed by atoms with Crippen molar-refractivity contribution in [1.29, 1.82) is 0 Å². The van der Waals surface area contributed by atoms with Crippen LogP contribution in [0.15, 0.2) is 77.7 Å². The highest BCUT2D eigenvalue weighted by molar-refractivity contribution is 8.26. The van der Waals surface area contributed by atoms with Crippen LogP contribution in [0.25, 0.3) is 17.2 Å². The highest BCUT2D eigenvalue weighted by Gasteiger charge is 2.31. The van der Waals surface area contributed by atoms with Gasteiger partial charge in [-0.25, -0.2) is 9.18 Å². The molecule has 0 unspecified atom stereocenters. The van der Waals surface area contributed by atoms with Gasteiger partial charge in [-0.05, 0) is 58.7 Å². The molecule has 3 aromatic rings. The zero-order valence-corrected chi connectivity index (χ0v) is 17.8. The number of hydrogen-bond acceptors (Lipinski definition) is 4. The van der Waals surface area contributed by atoms with Crippen molar-refractivity contribution in [2.75, 3.05) is 0 Å². The summed E-state index contributed by atoms with van der Waals surface area (Å²) < 4.78 is 13.6. The van der Waals surface area contributed by atoms with Gasteiger partial charge in [0, 0.05) is 0 Å². The Labute approximate surface area is 188 Å². The van der Waals surface area contributed by atoms with Crippen molar-refractivity contribution in [2.24, 2.45) is 0 Å². The van der Waals surface area contributed by atoms with Gasteiger partial charge < -0.3 is 5.11 Å². The van der Waals surface area contributed by atoms with Gasteiger partial charge in [0.05, 0.1) is 17.0 Å². The van der Waals surface area contributed by atoms with E-state index in [0.29, 0.717) is 9.23 Å². The number of amides is 1. The van der Waals surface area contributed by atoms with Crippen molar-refractivity contribution < 1.29 is 19.1 Å². The number of carbonyl (C=O) groups is 2. The summed E-state index contributed by atoms with van der Waals surface area (Å²) in [5.41, 5.74) is 3.65. The first-order valence-electron chi connectivity index (χ1n) is 9.34. The average molecular weight is 450 g/mol. The number of hydrogen-bond donors (Lipinski definition) is 1. The molecule has 0 spiro atoms. The molecule has 1 aliphatic heterocycles. The second-order valence-electron chi connectivity index (χ2n) is 6.90. The lowest BCUT2D eigenvalue weighted by Crippen LogP contribution is -2.27. The van der Waals surface area contributed by atoms with Crippen LogP contribution >= 0.6 is 24.0 Å². The van der Waals surface area contributed by atoms with Gasteiger partial charge >= 0.3 is 5.97 Å². The third-order valence-corrected chi connectivity index (χ3v) is 6.15. The molecular formula is C24H16FNO3S2. The van der Waals surface area contributed by atoms with E-state index in [0.717, 1.165) is 22.3 Å². The van der Waals surface area contributed by atoms with Crippen molar-refractivity contribution in [2.45, 2.75) is 6.54 Å². The number of carbonyl (C=O) groups excluding carboxylic acids is 1. The number of benzene rings is 3. The third-order valence-electron chi connectivity index (χ3n) is 4.78. The van der Waals surface area contributed by atoms with Crippen LogP contribution in [0.4, 0.5) is 4.39 Å². The Morgan fingerprint density at radius 3 is 2.42 bits per heavy atom. The normalized spacial score (nSPS) is 15.0. The summed E-state index contributed by atoms with van der Waals surface area (Å²) in [7, 11) is 0. The number of rotatable bonds is 5. The molecule has 1 amide bonds. The molecule has 4 rings (SSSR count). The van der Waals surface area contributed by atoms with E-state index in [4.69, 9.17) is 17.3 Å². The quantitative estimate of drug-likeness (QED) is 0.406.